The quantitative estimate of drug-likeness (QED) is 0.886. The van der Waals surface area contributed by atoms with Gasteiger partial charge in [0.05, 0.1) is 6.20 Å². The van der Waals surface area contributed by atoms with Crippen LogP contribution in [-0.4, -0.2) is 52.4 Å². The van der Waals surface area contributed by atoms with Gasteiger partial charge in [0.2, 0.25) is 0 Å². The maximum absolute atomic E-state index is 12.3. The van der Waals surface area contributed by atoms with Gasteiger partial charge in [0.1, 0.15) is 11.4 Å². The Morgan fingerprint density at radius 3 is 2.60 bits per heavy atom. The topological polar surface area (TPSA) is 84.4 Å². The van der Waals surface area contributed by atoms with E-state index in [1.165, 1.54) is 18.6 Å². The van der Waals surface area contributed by atoms with E-state index in [9.17, 15) is 9.59 Å². The molecule has 0 unspecified atom stereocenters. The monoisotopic (exact) mass is 340 g/mol. The number of benzene rings is 1. The smallest absolute Gasteiger partial charge is 0.274 e. The summed E-state index contributed by atoms with van der Waals surface area (Å²) >= 11 is 0. The lowest BCUT2D eigenvalue weighted by Crippen LogP contribution is -2.47. The standard InChI is InChI=1S/C18H20N4O3/c23-17(13-25-15-4-2-1-3-5-15)21-14-6-10-22(11-7-14)18(24)16-12-19-8-9-20-16/h1-5,8-9,12,14H,6-7,10-11,13H2,(H,21,23). The minimum Gasteiger partial charge on any atom is -0.484 e. The normalized spacial score (nSPS) is 14.8. The zero-order valence-electron chi connectivity index (χ0n) is 13.8. The zero-order valence-corrected chi connectivity index (χ0v) is 13.8. The van der Waals surface area contributed by atoms with Crippen LogP contribution in [0.4, 0.5) is 0 Å². The fourth-order valence-corrected chi connectivity index (χ4v) is 2.73. The number of likely N-dealkylation sites (tertiary alicyclic amines) is 1. The van der Waals surface area contributed by atoms with Crippen LogP contribution in [-0.2, 0) is 4.79 Å². The largest absolute Gasteiger partial charge is 0.484 e. The molecule has 0 aliphatic carbocycles. The number of nitrogens with one attached hydrogen (secondary N) is 1. The van der Waals surface area contributed by atoms with E-state index in [2.05, 4.69) is 15.3 Å². The molecule has 1 N–H and O–H groups in total. The summed E-state index contributed by atoms with van der Waals surface area (Å²) in [5.74, 6) is 0.398. The number of ether oxygens (including phenoxy) is 1. The fraction of sp³-hybridized carbons (Fsp3) is 0.333. The molecule has 0 spiro atoms. The molecule has 2 aromatic rings. The van der Waals surface area contributed by atoms with Crippen LogP contribution >= 0.6 is 0 Å². The lowest BCUT2D eigenvalue weighted by Gasteiger charge is -2.32. The van der Waals surface area contributed by atoms with Gasteiger partial charge in [-0.15, -0.1) is 0 Å². The van der Waals surface area contributed by atoms with Gasteiger partial charge in [-0.05, 0) is 25.0 Å². The molecule has 7 nitrogen and oxygen atoms in total. The lowest BCUT2D eigenvalue weighted by molar-refractivity contribution is -0.124. The highest BCUT2D eigenvalue weighted by molar-refractivity contribution is 5.92. The molecule has 1 saturated heterocycles. The summed E-state index contributed by atoms with van der Waals surface area (Å²) in [6.07, 6.45) is 5.94. The number of rotatable bonds is 5. The summed E-state index contributed by atoms with van der Waals surface area (Å²) in [5.41, 5.74) is 0.348. The molecular formula is C18H20N4O3. The van der Waals surface area contributed by atoms with Gasteiger partial charge in [0, 0.05) is 31.5 Å². The summed E-state index contributed by atoms with van der Waals surface area (Å²) in [7, 11) is 0. The van der Waals surface area contributed by atoms with Crippen molar-refractivity contribution in [1.82, 2.24) is 20.2 Å². The number of nitrogens with zero attached hydrogens (tertiary/aromatic N) is 3. The van der Waals surface area contributed by atoms with Crippen LogP contribution < -0.4 is 10.1 Å². The van der Waals surface area contributed by atoms with Crippen LogP contribution in [0.2, 0.25) is 0 Å². The number of hydrogen-bond acceptors (Lipinski definition) is 5. The highest BCUT2D eigenvalue weighted by Gasteiger charge is 2.25. The maximum atomic E-state index is 12.3. The Morgan fingerprint density at radius 2 is 1.92 bits per heavy atom. The molecule has 1 aliphatic heterocycles. The van der Waals surface area contributed by atoms with Gasteiger partial charge in [-0.1, -0.05) is 18.2 Å². The molecule has 130 valence electrons. The van der Waals surface area contributed by atoms with Crippen LogP contribution in [0.15, 0.2) is 48.9 Å². The zero-order chi connectivity index (χ0) is 17.5. The number of aromatic nitrogens is 2. The van der Waals surface area contributed by atoms with Gasteiger partial charge < -0.3 is 15.0 Å². The molecule has 1 aromatic heterocycles. The lowest BCUT2D eigenvalue weighted by atomic mass is 10.0. The van der Waals surface area contributed by atoms with E-state index in [-0.39, 0.29) is 24.5 Å². The van der Waals surface area contributed by atoms with Crippen molar-refractivity contribution in [3.63, 3.8) is 0 Å². The number of para-hydroxylation sites is 1. The van der Waals surface area contributed by atoms with Gasteiger partial charge in [-0.25, -0.2) is 4.98 Å². The first-order valence-corrected chi connectivity index (χ1v) is 8.25. The second kappa shape index (κ2) is 8.23. The average Bonchev–Trinajstić information content (AvgIpc) is 2.68. The van der Waals surface area contributed by atoms with Crippen molar-refractivity contribution in [2.24, 2.45) is 0 Å². The van der Waals surface area contributed by atoms with Crippen molar-refractivity contribution in [2.45, 2.75) is 18.9 Å². The highest BCUT2D eigenvalue weighted by Crippen LogP contribution is 2.13. The summed E-state index contributed by atoms with van der Waals surface area (Å²) in [6.45, 7) is 1.16. The van der Waals surface area contributed by atoms with Crippen LogP contribution in [0, 0.1) is 0 Å². The molecule has 2 heterocycles. The van der Waals surface area contributed by atoms with E-state index < -0.39 is 0 Å². The van der Waals surface area contributed by atoms with Crippen LogP contribution in [0.5, 0.6) is 5.75 Å². The Kier molecular flexibility index (Phi) is 5.56. The van der Waals surface area contributed by atoms with Gasteiger partial charge in [-0.3, -0.25) is 14.6 Å². The molecule has 7 heteroatoms. The minimum absolute atomic E-state index is 0.0111. The third kappa shape index (κ3) is 4.76. The first-order valence-electron chi connectivity index (χ1n) is 8.25. The van der Waals surface area contributed by atoms with E-state index in [1.54, 1.807) is 4.90 Å². The summed E-state index contributed by atoms with van der Waals surface area (Å²) in [6, 6.07) is 9.28. The average molecular weight is 340 g/mol. The highest BCUT2D eigenvalue weighted by atomic mass is 16.5. The van der Waals surface area contributed by atoms with Crippen LogP contribution in [0.1, 0.15) is 23.3 Å². The first-order chi connectivity index (χ1) is 12.2. The molecule has 3 rings (SSSR count). The van der Waals surface area contributed by atoms with Crippen LogP contribution in [0.3, 0.4) is 0 Å². The number of amides is 2. The van der Waals surface area contributed by atoms with Gasteiger partial charge in [0.25, 0.3) is 11.8 Å². The Morgan fingerprint density at radius 1 is 1.16 bits per heavy atom. The number of carbonyl (C=O) groups is 2. The third-order valence-electron chi connectivity index (χ3n) is 4.04. The van der Waals surface area contributed by atoms with Gasteiger partial charge >= 0.3 is 0 Å². The van der Waals surface area contributed by atoms with E-state index in [0.29, 0.717) is 37.4 Å². The molecule has 1 aromatic carbocycles. The molecule has 1 aliphatic rings. The molecule has 0 bridgehead atoms. The summed E-state index contributed by atoms with van der Waals surface area (Å²) in [4.78, 5) is 34.0. The van der Waals surface area contributed by atoms with Crippen LogP contribution in [0.25, 0.3) is 0 Å². The molecule has 1 fully saturated rings. The van der Waals surface area contributed by atoms with Crippen molar-refractivity contribution in [3.05, 3.63) is 54.6 Å². The van der Waals surface area contributed by atoms with E-state index in [1.807, 2.05) is 30.3 Å². The summed E-state index contributed by atoms with van der Waals surface area (Å²) < 4.78 is 5.43. The molecule has 25 heavy (non-hydrogen) atoms. The minimum atomic E-state index is -0.150. The number of piperidine rings is 1. The third-order valence-corrected chi connectivity index (χ3v) is 4.04. The molecule has 2 amide bonds. The van der Waals surface area contributed by atoms with E-state index in [0.717, 1.165) is 0 Å². The number of hydrogen-bond donors (Lipinski definition) is 1. The van der Waals surface area contributed by atoms with Gasteiger partial charge in [-0.2, -0.15) is 0 Å². The Hall–Kier alpha value is -2.96. The van der Waals surface area contributed by atoms with Crippen molar-refractivity contribution < 1.29 is 14.3 Å². The Labute approximate surface area is 146 Å². The molecular weight excluding hydrogens is 320 g/mol. The van der Waals surface area contributed by atoms with Crippen molar-refractivity contribution in [3.8, 4) is 5.75 Å². The van der Waals surface area contributed by atoms with Crippen molar-refractivity contribution in [2.75, 3.05) is 19.7 Å². The molecule has 0 atom stereocenters. The Balaban J connectivity index is 1.41. The fourth-order valence-electron chi connectivity index (χ4n) is 2.73. The summed E-state index contributed by atoms with van der Waals surface area (Å²) in [5, 5.41) is 2.96. The predicted molar refractivity (Wildman–Crippen MR) is 91.0 cm³/mol. The SMILES string of the molecule is O=C(COc1ccccc1)NC1CCN(C(=O)c2cnccn2)CC1. The van der Waals surface area contributed by atoms with Gasteiger partial charge in [0.15, 0.2) is 6.61 Å². The predicted octanol–water partition coefficient (Wildman–Crippen LogP) is 1.28. The first kappa shape index (κ1) is 16.9. The second-order valence-electron chi connectivity index (χ2n) is 5.83. The molecule has 0 saturated carbocycles. The van der Waals surface area contributed by atoms with E-state index in [4.69, 9.17) is 4.74 Å². The maximum Gasteiger partial charge on any atom is 0.274 e. The van der Waals surface area contributed by atoms with Crippen molar-refractivity contribution in [1.29, 1.82) is 0 Å². The number of carbonyl (C=O) groups excluding carboxylic acids is 2. The Bertz CT molecular complexity index is 701. The van der Waals surface area contributed by atoms with E-state index >= 15 is 0 Å². The van der Waals surface area contributed by atoms with Crippen molar-refractivity contribution >= 4 is 11.8 Å². The second-order valence-corrected chi connectivity index (χ2v) is 5.83. The molecule has 0 radical (unpaired) electrons.